The smallest absolute Gasteiger partial charge is 0.475 e. The van der Waals surface area contributed by atoms with E-state index in [0.29, 0.717) is 0 Å². The molecule has 3 rings (SSSR count). The van der Waals surface area contributed by atoms with E-state index in [1.165, 1.54) is 19.5 Å². The van der Waals surface area contributed by atoms with Crippen molar-refractivity contribution in [3.05, 3.63) is 22.6 Å². The van der Waals surface area contributed by atoms with E-state index in [9.17, 15) is 13.2 Å². The number of carbonyl (C=O) groups is 1. The third kappa shape index (κ3) is 6.74. The summed E-state index contributed by atoms with van der Waals surface area (Å²) in [7, 11) is 4.36. The van der Waals surface area contributed by atoms with E-state index in [-0.39, 0.29) is 0 Å². The van der Waals surface area contributed by atoms with Gasteiger partial charge in [-0.15, -0.1) is 0 Å². The molecule has 2 aromatic rings. The van der Waals surface area contributed by atoms with Crippen molar-refractivity contribution in [1.82, 2.24) is 24.8 Å². The number of fused-ring (bicyclic) bond motifs is 1. The molecule has 27 heavy (non-hydrogen) atoms. The molecule has 1 unspecified atom stereocenters. The molecule has 150 valence electrons. The van der Waals surface area contributed by atoms with Gasteiger partial charge in [-0.05, 0) is 55.0 Å². The van der Waals surface area contributed by atoms with Crippen LogP contribution in [0.5, 0.6) is 0 Å². The molecule has 1 atom stereocenters. The Morgan fingerprint density at radius 2 is 2.19 bits per heavy atom. The van der Waals surface area contributed by atoms with Crippen molar-refractivity contribution in [2.45, 2.75) is 19.1 Å². The van der Waals surface area contributed by atoms with Crippen LogP contribution < -0.4 is 0 Å². The highest BCUT2D eigenvalue weighted by atomic mass is 79.9. The van der Waals surface area contributed by atoms with Crippen molar-refractivity contribution in [3.8, 4) is 0 Å². The van der Waals surface area contributed by atoms with Gasteiger partial charge in [0, 0.05) is 23.8 Å². The first kappa shape index (κ1) is 21.6. The van der Waals surface area contributed by atoms with Gasteiger partial charge in [0.25, 0.3) is 0 Å². The van der Waals surface area contributed by atoms with Crippen molar-refractivity contribution in [2.75, 3.05) is 33.7 Å². The van der Waals surface area contributed by atoms with Gasteiger partial charge < -0.3 is 15.0 Å². The van der Waals surface area contributed by atoms with Gasteiger partial charge >= 0.3 is 12.1 Å². The Balaban J connectivity index is 0.000000321. The lowest BCUT2D eigenvalue weighted by molar-refractivity contribution is -0.192. The first-order valence-corrected chi connectivity index (χ1v) is 9.01. The molecule has 0 aromatic carbocycles. The maximum Gasteiger partial charge on any atom is 0.490 e. The van der Waals surface area contributed by atoms with Gasteiger partial charge in [0.05, 0.1) is 12.1 Å². The topological polar surface area (TPSA) is 85.4 Å². The van der Waals surface area contributed by atoms with E-state index in [1.54, 1.807) is 6.20 Å². The minimum Gasteiger partial charge on any atom is -0.475 e. The predicted molar refractivity (Wildman–Crippen MR) is 97.2 cm³/mol. The average molecular weight is 452 g/mol. The van der Waals surface area contributed by atoms with Gasteiger partial charge in [-0.2, -0.15) is 13.2 Å². The van der Waals surface area contributed by atoms with E-state index in [2.05, 4.69) is 54.8 Å². The van der Waals surface area contributed by atoms with Crippen molar-refractivity contribution < 1.29 is 23.1 Å². The molecule has 11 heteroatoms. The molecule has 0 radical (unpaired) electrons. The highest BCUT2D eigenvalue weighted by Gasteiger charge is 2.38. The number of nitrogens with one attached hydrogen (secondary N) is 1. The Kier molecular flexibility index (Phi) is 7.18. The number of nitrogens with zero attached hydrogens (tertiary/aromatic N) is 4. The second-order valence-electron chi connectivity index (χ2n) is 6.62. The number of aromatic amines is 1. The van der Waals surface area contributed by atoms with Crippen LogP contribution in [0.3, 0.4) is 0 Å². The summed E-state index contributed by atoms with van der Waals surface area (Å²) in [5.74, 6) is -0.992. The van der Waals surface area contributed by atoms with Crippen LogP contribution in [0.2, 0.25) is 0 Å². The molecule has 0 amide bonds. The normalized spacial score (nSPS) is 18.0. The predicted octanol–water partition coefficient (Wildman–Crippen LogP) is 2.74. The minimum atomic E-state index is -5.08. The van der Waals surface area contributed by atoms with Crippen LogP contribution in [0, 0.1) is 5.92 Å². The maximum atomic E-state index is 10.6. The average Bonchev–Trinajstić information content (AvgIpc) is 3.11. The highest BCUT2D eigenvalue weighted by molar-refractivity contribution is 9.10. The largest absolute Gasteiger partial charge is 0.490 e. The number of imidazole rings is 1. The second-order valence-corrected chi connectivity index (χ2v) is 7.54. The number of hydrogen-bond acceptors (Lipinski definition) is 5. The highest BCUT2D eigenvalue weighted by Crippen LogP contribution is 2.18. The number of rotatable bonds is 4. The van der Waals surface area contributed by atoms with E-state index in [4.69, 9.17) is 9.90 Å². The van der Waals surface area contributed by atoms with Crippen LogP contribution in [-0.4, -0.2) is 75.7 Å². The molecule has 2 N–H and O–H groups in total. The van der Waals surface area contributed by atoms with Crippen LogP contribution in [0.4, 0.5) is 13.2 Å². The number of likely N-dealkylation sites (tertiary alicyclic amines) is 1. The molecule has 7 nitrogen and oxygen atoms in total. The van der Waals surface area contributed by atoms with Gasteiger partial charge in [0.2, 0.25) is 0 Å². The molecular formula is C16H21BrF3N5O2. The zero-order valence-corrected chi connectivity index (χ0v) is 16.5. The number of H-pyrrole nitrogens is 1. The molecule has 3 heterocycles. The lowest BCUT2D eigenvalue weighted by Gasteiger charge is -2.19. The zero-order chi connectivity index (χ0) is 20.2. The molecule has 0 aliphatic carbocycles. The third-order valence-electron chi connectivity index (χ3n) is 4.07. The van der Waals surface area contributed by atoms with Gasteiger partial charge in [-0.1, -0.05) is 0 Å². The van der Waals surface area contributed by atoms with Crippen molar-refractivity contribution in [3.63, 3.8) is 0 Å². The Morgan fingerprint density at radius 3 is 2.74 bits per heavy atom. The molecule has 0 saturated carbocycles. The number of hydrogen-bond donors (Lipinski definition) is 2. The summed E-state index contributed by atoms with van der Waals surface area (Å²) in [6.45, 7) is 4.40. The summed E-state index contributed by atoms with van der Waals surface area (Å²) < 4.78 is 32.7. The fraction of sp³-hybridized carbons (Fsp3) is 0.562. The monoisotopic (exact) mass is 451 g/mol. The number of alkyl halides is 3. The number of aliphatic carboxylic acids is 1. The molecule has 1 fully saturated rings. The molecule has 0 spiro atoms. The number of aromatic nitrogens is 3. The molecule has 1 aliphatic rings. The summed E-state index contributed by atoms with van der Waals surface area (Å²) in [6, 6.07) is 2.02. The lowest BCUT2D eigenvalue weighted by atomic mass is 10.1. The quantitative estimate of drug-likeness (QED) is 0.743. The molecule has 1 saturated heterocycles. The summed E-state index contributed by atoms with van der Waals surface area (Å²) in [4.78, 5) is 25.8. The van der Waals surface area contributed by atoms with Gasteiger partial charge in [0.15, 0.2) is 5.65 Å². The SMILES string of the molecule is CN1CCC(CN(C)Cc2nc3ncc(Br)cc3[nH]2)C1.O=C(O)C(F)(F)F. The van der Waals surface area contributed by atoms with Gasteiger partial charge in [-0.25, -0.2) is 14.8 Å². The van der Waals surface area contributed by atoms with Gasteiger partial charge in [-0.3, -0.25) is 4.90 Å². The maximum absolute atomic E-state index is 10.6. The van der Waals surface area contributed by atoms with Crippen molar-refractivity contribution >= 4 is 33.1 Å². The standard InChI is InChI=1S/C14H20BrN5.C2HF3O2/c1-19-4-3-10(7-19)8-20(2)9-13-17-12-5-11(15)6-16-14(12)18-13;3-2(4,5)1(6)7/h5-6,10H,3-4,7-9H2,1-2H3,(H,16,17,18);(H,6,7). The van der Waals surface area contributed by atoms with E-state index in [0.717, 1.165) is 40.5 Å². The fourth-order valence-corrected chi connectivity index (χ4v) is 3.27. The van der Waals surface area contributed by atoms with E-state index >= 15 is 0 Å². The number of halogens is 4. The van der Waals surface area contributed by atoms with Crippen LogP contribution in [0.1, 0.15) is 12.2 Å². The van der Waals surface area contributed by atoms with Gasteiger partial charge in [0.1, 0.15) is 5.82 Å². The summed E-state index contributed by atoms with van der Waals surface area (Å²) in [6.07, 6.45) is -2.00. The van der Waals surface area contributed by atoms with Crippen LogP contribution in [0.25, 0.3) is 11.2 Å². The minimum absolute atomic E-state index is 0.779. The van der Waals surface area contributed by atoms with E-state index < -0.39 is 12.1 Å². The van der Waals surface area contributed by atoms with Crippen LogP contribution in [-0.2, 0) is 11.3 Å². The van der Waals surface area contributed by atoms with Crippen molar-refractivity contribution in [2.24, 2.45) is 5.92 Å². The number of carboxylic acid groups (broad SMARTS) is 1. The Bertz CT molecular complexity index is 783. The van der Waals surface area contributed by atoms with E-state index in [1.807, 2.05) is 6.07 Å². The Labute approximate surface area is 162 Å². The fourth-order valence-electron chi connectivity index (χ4n) is 2.94. The summed E-state index contributed by atoms with van der Waals surface area (Å²) in [5.41, 5.74) is 1.78. The number of carboxylic acids is 1. The molecule has 1 aliphatic heterocycles. The first-order valence-electron chi connectivity index (χ1n) is 8.22. The summed E-state index contributed by atoms with van der Waals surface area (Å²) in [5, 5.41) is 7.12. The molecular weight excluding hydrogens is 431 g/mol. The first-order chi connectivity index (χ1) is 12.5. The Morgan fingerprint density at radius 1 is 1.52 bits per heavy atom. The molecule has 2 aromatic heterocycles. The summed E-state index contributed by atoms with van der Waals surface area (Å²) >= 11 is 3.43. The molecule has 0 bridgehead atoms. The Hall–Kier alpha value is -1.72. The number of pyridine rings is 1. The zero-order valence-electron chi connectivity index (χ0n) is 14.9. The van der Waals surface area contributed by atoms with Crippen molar-refractivity contribution in [1.29, 1.82) is 0 Å². The second kappa shape index (κ2) is 8.98. The van der Waals surface area contributed by atoms with Crippen LogP contribution in [0.15, 0.2) is 16.7 Å². The lowest BCUT2D eigenvalue weighted by Crippen LogP contribution is -2.27. The third-order valence-corrected chi connectivity index (χ3v) is 4.51. The van der Waals surface area contributed by atoms with Crippen LogP contribution >= 0.6 is 15.9 Å².